The van der Waals surface area contributed by atoms with Crippen LogP contribution in [0.1, 0.15) is 24.5 Å². The predicted octanol–water partition coefficient (Wildman–Crippen LogP) is 3.30. The van der Waals surface area contributed by atoms with Gasteiger partial charge >= 0.3 is 0 Å². The molecule has 1 aromatic carbocycles. The number of hydrogen-bond acceptors (Lipinski definition) is 3. The van der Waals surface area contributed by atoms with E-state index in [2.05, 4.69) is 11.6 Å². The molecule has 2 aromatic rings. The van der Waals surface area contributed by atoms with Crippen LogP contribution in [0.4, 0.5) is 0 Å². The molecule has 0 fully saturated rings. The van der Waals surface area contributed by atoms with Crippen molar-refractivity contribution in [3.8, 4) is 0 Å². The summed E-state index contributed by atoms with van der Waals surface area (Å²) in [6.45, 7) is 5.70. The molecule has 2 nitrogen and oxygen atoms in total. The van der Waals surface area contributed by atoms with Gasteiger partial charge in [0.05, 0.1) is 10.2 Å². The summed E-state index contributed by atoms with van der Waals surface area (Å²) in [5.74, 6) is 0. The molecule has 0 amide bonds. The molecule has 2 rings (SSSR count). The number of benzene rings is 1. The molecule has 0 unspecified atom stereocenters. The smallest absolute Gasteiger partial charge is 0.123 e. The molecule has 3 heteroatoms. The van der Waals surface area contributed by atoms with E-state index >= 15 is 0 Å². The van der Waals surface area contributed by atoms with Crippen LogP contribution in [0, 0.1) is 0 Å². The number of hydrogen-bond donors (Lipinski definition) is 1. The van der Waals surface area contributed by atoms with Gasteiger partial charge in [-0.15, -0.1) is 17.9 Å². The molecule has 0 aliphatic carbocycles. The fourth-order valence-corrected chi connectivity index (χ4v) is 2.40. The van der Waals surface area contributed by atoms with Crippen molar-refractivity contribution < 1.29 is 5.11 Å². The van der Waals surface area contributed by atoms with E-state index in [1.807, 2.05) is 31.2 Å². The van der Waals surface area contributed by atoms with Gasteiger partial charge in [-0.25, -0.2) is 4.98 Å². The first-order valence-corrected chi connectivity index (χ1v) is 5.66. The Balaban J connectivity index is 2.32. The highest BCUT2D eigenvalue weighted by Crippen LogP contribution is 2.28. The summed E-state index contributed by atoms with van der Waals surface area (Å²) in [5, 5.41) is 10.7. The molecule has 78 valence electrons. The molecule has 0 aliphatic rings. The standard InChI is InChI=1S/C12H13NOS/c1-8(2)7-10(14)12-13-9-5-3-4-6-11(9)15-12/h3-6,10,14H,1,7H2,2H3/t10-/m0/s1. The Morgan fingerprint density at radius 1 is 1.53 bits per heavy atom. The molecule has 1 N–H and O–H groups in total. The van der Waals surface area contributed by atoms with Crippen molar-refractivity contribution in [1.82, 2.24) is 4.98 Å². The number of aliphatic hydroxyl groups is 1. The fraction of sp³-hybridized carbons (Fsp3) is 0.250. The highest BCUT2D eigenvalue weighted by Gasteiger charge is 2.12. The second kappa shape index (κ2) is 4.13. The van der Waals surface area contributed by atoms with Gasteiger partial charge in [0.25, 0.3) is 0 Å². The molecular formula is C12H13NOS. The maximum atomic E-state index is 9.88. The van der Waals surface area contributed by atoms with E-state index in [9.17, 15) is 5.11 Å². The Morgan fingerprint density at radius 3 is 2.93 bits per heavy atom. The Morgan fingerprint density at radius 2 is 2.27 bits per heavy atom. The number of fused-ring (bicyclic) bond motifs is 1. The van der Waals surface area contributed by atoms with Gasteiger partial charge < -0.3 is 5.11 Å². The minimum Gasteiger partial charge on any atom is -0.386 e. The normalized spacial score (nSPS) is 12.9. The predicted molar refractivity (Wildman–Crippen MR) is 64.0 cm³/mol. The second-order valence-corrected chi connectivity index (χ2v) is 4.76. The molecule has 15 heavy (non-hydrogen) atoms. The first kappa shape index (κ1) is 10.3. The minimum atomic E-state index is -0.514. The average Bonchev–Trinajstić information content (AvgIpc) is 2.59. The van der Waals surface area contributed by atoms with Crippen molar-refractivity contribution in [2.24, 2.45) is 0 Å². The molecule has 0 aliphatic heterocycles. The van der Waals surface area contributed by atoms with Crippen molar-refractivity contribution in [3.05, 3.63) is 41.4 Å². The third-order valence-electron chi connectivity index (χ3n) is 2.14. The maximum Gasteiger partial charge on any atom is 0.123 e. The van der Waals surface area contributed by atoms with Gasteiger partial charge in [-0.2, -0.15) is 0 Å². The number of rotatable bonds is 3. The molecule has 0 bridgehead atoms. The highest BCUT2D eigenvalue weighted by atomic mass is 32.1. The van der Waals surface area contributed by atoms with Crippen LogP contribution in [0.2, 0.25) is 0 Å². The first-order valence-electron chi connectivity index (χ1n) is 4.85. The van der Waals surface area contributed by atoms with Crippen LogP contribution in [0.15, 0.2) is 36.4 Å². The lowest BCUT2D eigenvalue weighted by Crippen LogP contribution is -1.96. The van der Waals surface area contributed by atoms with Gasteiger partial charge in [0.1, 0.15) is 11.1 Å². The van der Waals surface area contributed by atoms with E-state index in [1.54, 1.807) is 11.3 Å². The summed E-state index contributed by atoms with van der Waals surface area (Å²) in [4.78, 5) is 4.39. The van der Waals surface area contributed by atoms with Gasteiger partial charge in [-0.05, 0) is 19.1 Å². The molecule has 0 saturated heterocycles. The zero-order valence-corrected chi connectivity index (χ0v) is 9.42. The van der Waals surface area contributed by atoms with Crippen molar-refractivity contribution in [3.63, 3.8) is 0 Å². The van der Waals surface area contributed by atoms with Gasteiger partial charge in [0.2, 0.25) is 0 Å². The van der Waals surface area contributed by atoms with E-state index in [1.165, 1.54) is 0 Å². The quantitative estimate of drug-likeness (QED) is 0.803. The van der Waals surface area contributed by atoms with Crippen LogP contribution >= 0.6 is 11.3 Å². The van der Waals surface area contributed by atoms with E-state index in [4.69, 9.17) is 0 Å². The van der Waals surface area contributed by atoms with Gasteiger partial charge in [-0.3, -0.25) is 0 Å². The Bertz CT molecular complexity index is 456. The number of aliphatic hydroxyl groups excluding tert-OH is 1. The molecule has 1 heterocycles. The largest absolute Gasteiger partial charge is 0.386 e. The average molecular weight is 219 g/mol. The molecule has 0 spiro atoms. The summed E-state index contributed by atoms with van der Waals surface area (Å²) in [6.07, 6.45) is 0.0692. The summed E-state index contributed by atoms with van der Waals surface area (Å²) in [5.41, 5.74) is 1.93. The lowest BCUT2D eigenvalue weighted by Gasteiger charge is -2.05. The summed E-state index contributed by atoms with van der Waals surface area (Å²) < 4.78 is 1.12. The highest BCUT2D eigenvalue weighted by molar-refractivity contribution is 7.18. The van der Waals surface area contributed by atoms with Gasteiger partial charge in [0.15, 0.2) is 0 Å². The van der Waals surface area contributed by atoms with Crippen LogP contribution in [0.25, 0.3) is 10.2 Å². The van der Waals surface area contributed by atoms with Crippen LogP contribution in [0.5, 0.6) is 0 Å². The summed E-state index contributed by atoms with van der Waals surface area (Å²) in [7, 11) is 0. The number of nitrogens with zero attached hydrogens (tertiary/aromatic N) is 1. The minimum absolute atomic E-state index is 0.514. The second-order valence-electron chi connectivity index (χ2n) is 3.70. The summed E-state index contributed by atoms with van der Waals surface area (Å²) >= 11 is 1.55. The topological polar surface area (TPSA) is 33.1 Å². The van der Waals surface area contributed by atoms with Gasteiger partial charge in [-0.1, -0.05) is 17.7 Å². The number of thiazole rings is 1. The Hall–Kier alpha value is -1.19. The van der Waals surface area contributed by atoms with Crippen LogP contribution < -0.4 is 0 Å². The van der Waals surface area contributed by atoms with Crippen molar-refractivity contribution in [2.45, 2.75) is 19.4 Å². The Kier molecular flexibility index (Phi) is 2.84. The first-order chi connectivity index (χ1) is 7.16. The SMILES string of the molecule is C=C(C)C[C@H](O)c1nc2ccccc2s1. The van der Waals surface area contributed by atoms with E-state index in [-0.39, 0.29) is 0 Å². The molecule has 1 aromatic heterocycles. The fourth-order valence-electron chi connectivity index (χ4n) is 1.45. The third-order valence-corrected chi connectivity index (χ3v) is 3.27. The third kappa shape index (κ3) is 2.25. The zero-order valence-electron chi connectivity index (χ0n) is 8.60. The molecule has 0 saturated carbocycles. The molecular weight excluding hydrogens is 206 g/mol. The number of aromatic nitrogens is 1. The van der Waals surface area contributed by atoms with Gasteiger partial charge in [0, 0.05) is 6.42 Å². The molecule has 0 radical (unpaired) electrons. The maximum absolute atomic E-state index is 9.88. The lowest BCUT2D eigenvalue weighted by atomic mass is 10.1. The van der Waals surface area contributed by atoms with Crippen LogP contribution in [0.3, 0.4) is 0 Å². The van der Waals surface area contributed by atoms with Crippen LogP contribution in [-0.4, -0.2) is 10.1 Å². The van der Waals surface area contributed by atoms with Crippen molar-refractivity contribution >= 4 is 21.6 Å². The zero-order chi connectivity index (χ0) is 10.8. The number of para-hydroxylation sites is 1. The van der Waals surface area contributed by atoms with Crippen molar-refractivity contribution in [1.29, 1.82) is 0 Å². The lowest BCUT2D eigenvalue weighted by molar-refractivity contribution is 0.178. The monoisotopic (exact) mass is 219 g/mol. The molecule has 1 atom stereocenters. The Labute approximate surface area is 92.9 Å². The van der Waals surface area contributed by atoms with E-state index < -0.39 is 6.10 Å². The van der Waals surface area contributed by atoms with Crippen LogP contribution in [-0.2, 0) is 0 Å². The summed E-state index contributed by atoms with van der Waals surface area (Å²) in [6, 6.07) is 7.92. The van der Waals surface area contributed by atoms with E-state index in [0.717, 1.165) is 20.8 Å². The van der Waals surface area contributed by atoms with E-state index in [0.29, 0.717) is 6.42 Å². The van der Waals surface area contributed by atoms with Crippen molar-refractivity contribution in [2.75, 3.05) is 0 Å².